The van der Waals surface area contributed by atoms with E-state index in [2.05, 4.69) is 31.0 Å². The second kappa shape index (κ2) is 7.36. The Balaban J connectivity index is 1.37. The first-order valence-electron chi connectivity index (χ1n) is 11.1. The first kappa shape index (κ1) is 19.8. The average Bonchev–Trinajstić information content (AvgIpc) is 3.31. The van der Waals surface area contributed by atoms with Gasteiger partial charge in [0.1, 0.15) is 5.82 Å². The maximum atomic E-state index is 14.2. The van der Waals surface area contributed by atoms with E-state index < -0.39 is 11.4 Å². The van der Waals surface area contributed by atoms with Crippen LogP contribution in [0.3, 0.4) is 0 Å². The number of hydrogen-bond acceptors (Lipinski definition) is 7. The fourth-order valence-electron chi connectivity index (χ4n) is 4.78. The molecule has 6 heterocycles. The third-order valence-corrected chi connectivity index (χ3v) is 6.45. The van der Waals surface area contributed by atoms with E-state index in [9.17, 15) is 9.18 Å². The van der Waals surface area contributed by atoms with E-state index >= 15 is 0 Å². The van der Waals surface area contributed by atoms with E-state index in [1.54, 1.807) is 6.07 Å². The second-order valence-electron chi connectivity index (χ2n) is 8.63. The van der Waals surface area contributed by atoms with E-state index in [1.807, 2.05) is 30.1 Å². The Labute approximate surface area is 189 Å². The summed E-state index contributed by atoms with van der Waals surface area (Å²) in [7, 11) is 0. The van der Waals surface area contributed by atoms with Gasteiger partial charge in [-0.15, -0.1) is 5.10 Å². The summed E-state index contributed by atoms with van der Waals surface area (Å²) >= 11 is 0. The molecular weight excluding hydrogens is 423 g/mol. The smallest absolute Gasteiger partial charge is 0.310 e. The van der Waals surface area contributed by atoms with Crippen LogP contribution in [0.5, 0.6) is 0 Å². The van der Waals surface area contributed by atoms with Crippen molar-refractivity contribution in [3.63, 3.8) is 0 Å². The maximum absolute atomic E-state index is 14.2. The van der Waals surface area contributed by atoms with Crippen LogP contribution >= 0.6 is 0 Å². The van der Waals surface area contributed by atoms with Crippen LogP contribution in [0, 0.1) is 19.7 Å². The molecule has 2 aliphatic rings. The van der Waals surface area contributed by atoms with Gasteiger partial charge in [-0.3, -0.25) is 9.78 Å². The summed E-state index contributed by atoms with van der Waals surface area (Å²) in [6.45, 7) is 6.59. The van der Waals surface area contributed by atoms with Crippen molar-refractivity contribution < 1.29 is 4.39 Å². The molecule has 0 fully saturated rings. The highest BCUT2D eigenvalue weighted by molar-refractivity contribution is 5.62. The monoisotopic (exact) mass is 446 g/mol. The van der Waals surface area contributed by atoms with Crippen LogP contribution in [-0.4, -0.2) is 42.5 Å². The molecule has 0 spiro atoms. The molecule has 0 saturated carbocycles. The van der Waals surface area contributed by atoms with Gasteiger partial charge in [-0.05, 0) is 43.5 Å². The first-order chi connectivity index (χ1) is 16.0. The molecule has 0 saturated heterocycles. The number of anilines is 3. The van der Waals surface area contributed by atoms with Crippen molar-refractivity contribution in [1.82, 2.24) is 29.4 Å². The van der Waals surface area contributed by atoms with E-state index in [0.717, 1.165) is 58.8 Å². The van der Waals surface area contributed by atoms with Gasteiger partial charge < -0.3 is 9.80 Å². The van der Waals surface area contributed by atoms with Gasteiger partial charge in [0.15, 0.2) is 11.5 Å². The van der Waals surface area contributed by atoms with Crippen LogP contribution in [0.1, 0.15) is 28.9 Å². The lowest BCUT2D eigenvalue weighted by atomic mass is 10.0. The van der Waals surface area contributed by atoms with Gasteiger partial charge in [0.2, 0.25) is 5.82 Å². The fraction of sp³-hybridized carbons (Fsp3) is 0.348. The Bertz CT molecular complexity index is 1460. The molecule has 0 amide bonds. The molecule has 33 heavy (non-hydrogen) atoms. The third-order valence-electron chi connectivity index (χ3n) is 6.45. The number of fused-ring (bicyclic) bond motifs is 3. The topological polar surface area (TPSA) is 84.5 Å². The first-order valence-corrected chi connectivity index (χ1v) is 11.1. The van der Waals surface area contributed by atoms with Crippen molar-refractivity contribution >= 4 is 23.0 Å². The molecule has 0 bridgehead atoms. The van der Waals surface area contributed by atoms with Crippen molar-refractivity contribution in [3.05, 3.63) is 69.3 Å². The van der Waals surface area contributed by atoms with Gasteiger partial charge in [-0.2, -0.15) is 14.0 Å². The van der Waals surface area contributed by atoms with Crippen LogP contribution in [0.25, 0.3) is 5.65 Å². The molecule has 0 atom stereocenters. The minimum atomic E-state index is -0.867. The van der Waals surface area contributed by atoms with Crippen molar-refractivity contribution in [3.8, 4) is 0 Å². The molecule has 0 N–H and O–H groups in total. The fourth-order valence-corrected chi connectivity index (χ4v) is 4.78. The van der Waals surface area contributed by atoms with Crippen molar-refractivity contribution in [1.29, 1.82) is 0 Å². The summed E-state index contributed by atoms with van der Waals surface area (Å²) in [5.41, 5.74) is 3.78. The summed E-state index contributed by atoms with van der Waals surface area (Å²) in [6, 6.07) is 6.00. The molecule has 0 aliphatic carbocycles. The molecule has 168 valence electrons. The minimum Gasteiger partial charge on any atom is -0.350 e. The molecule has 0 radical (unpaired) electrons. The molecule has 9 nitrogen and oxygen atoms in total. The average molecular weight is 446 g/mol. The molecule has 6 rings (SSSR count). The van der Waals surface area contributed by atoms with Gasteiger partial charge in [-0.1, -0.05) is 0 Å². The Kier molecular flexibility index (Phi) is 4.42. The molecule has 0 aromatic carbocycles. The summed E-state index contributed by atoms with van der Waals surface area (Å²) in [5, 5.41) is 8.90. The molecule has 0 unspecified atom stereocenters. The van der Waals surface area contributed by atoms with E-state index in [0.29, 0.717) is 24.6 Å². The quantitative estimate of drug-likeness (QED) is 0.468. The number of aromatic nitrogens is 6. The maximum Gasteiger partial charge on any atom is 0.310 e. The molecule has 2 aliphatic heterocycles. The summed E-state index contributed by atoms with van der Waals surface area (Å²) in [5.74, 6) is 0.863. The molecule has 4 aromatic rings. The van der Waals surface area contributed by atoms with Crippen LogP contribution in [-0.2, 0) is 19.5 Å². The molecule has 4 aromatic heterocycles. The lowest BCUT2D eigenvalue weighted by Gasteiger charge is -2.33. The number of hydrogen-bond donors (Lipinski definition) is 0. The van der Waals surface area contributed by atoms with E-state index in [-0.39, 0.29) is 5.69 Å². The minimum absolute atomic E-state index is 0.0820. The van der Waals surface area contributed by atoms with Gasteiger partial charge in [-0.25, -0.2) is 9.67 Å². The van der Waals surface area contributed by atoms with Gasteiger partial charge >= 0.3 is 5.56 Å². The number of aryl methyl sites for hydroxylation is 3. The molecular formula is C23H23FN8O. The highest BCUT2D eigenvalue weighted by Crippen LogP contribution is 2.32. The van der Waals surface area contributed by atoms with Gasteiger partial charge in [0, 0.05) is 44.4 Å². The predicted molar refractivity (Wildman–Crippen MR) is 122 cm³/mol. The van der Waals surface area contributed by atoms with Crippen molar-refractivity contribution in [2.45, 2.75) is 39.8 Å². The highest BCUT2D eigenvalue weighted by atomic mass is 19.1. The summed E-state index contributed by atoms with van der Waals surface area (Å²) in [6.07, 6.45) is 5.56. The predicted octanol–water partition coefficient (Wildman–Crippen LogP) is 2.54. The van der Waals surface area contributed by atoms with Crippen LogP contribution in [0.4, 0.5) is 21.7 Å². The van der Waals surface area contributed by atoms with E-state index in [1.165, 1.54) is 6.92 Å². The zero-order valence-corrected chi connectivity index (χ0v) is 18.5. The summed E-state index contributed by atoms with van der Waals surface area (Å²) in [4.78, 5) is 25.7. The van der Waals surface area contributed by atoms with Crippen molar-refractivity contribution in [2.75, 3.05) is 22.9 Å². The Hall–Kier alpha value is -3.82. The SMILES string of the molecule is Cc1cc2nc(C)c(F)c(=O)n2nc1N1CCc2ncc(N3CCCn4nccc43)cc2C1. The largest absolute Gasteiger partial charge is 0.350 e. The number of rotatable bonds is 2. The molecule has 10 heteroatoms. The number of pyridine rings is 1. The van der Waals surface area contributed by atoms with Crippen LogP contribution in [0.15, 0.2) is 35.4 Å². The van der Waals surface area contributed by atoms with Gasteiger partial charge in [0.05, 0.1) is 23.8 Å². The Morgan fingerprint density at radius 1 is 1.12 bits per heavy atom. The zero-order chi connectivity index (χ0) is 22.7. The number of halogens is 1. The lowest BCUT2D eigenvalue weighted by molar-refractivity contribution is 0.541. The van der Waals surface area contributed by atoms with Crippen LogP contribution < -0.4 is 15.4 Å². The highest BCUT2D eigenvalue weighted by Gasteiger charge is 2.24. The normalized spacial score (nSPS) is 15.6. The third kappa shape index (κ3) is 3.16. The summed E-state index contributed by atoms with van der Waals surface area (Å²) < 4.78 is 17.2. The Morgan fingerprint density at radius 3 is 2.88 bits per heavy atom. The Morgan fingerprint density at radius 2 is 2.00 bits per heavy atom. The van der Waals surface area contributed by atoms with Crippen LogP contribution in [0.2, 0.25) is 0 Å². The van der Waals surface area contributed by atoms with E-state index in [4.69, 9.17) is 4.98 Å². The van der Waals surface area contributed by atoms with Crippen molar-refractivity contribution in [2.24, 2.45) is 0 Å². The zero-order valence-electron chi connectivity index (χ0n) is 18.5. The second-order valence-corrected chi connectivity index (χ2v) is 8.63. The standard InChI is InChI=1S/C23H23FN8O/c1-14-10-19-27-15(2)21(24)23(33)32(19)28-22(14)29-9-5-18-16(13-29)11-17(12-25-18)30-7-3-8-31-20(30)4-6-26-31/h4,6,10-12H,3,5,7-9,13H2,1-2H3. The van der Waals surface area contributed by atoms with Gasteiger partial charge in [0.25, 0.3) is 0 Å². The number of nitrogens with zero attached hydrogens (tertiary/aromatic N) is 8. The lowest BCUT2D eigenvalue weighted by Crippen LogP contribution is -2.34.